The van der Waals surface area contributed by atoms with Crippen LogP contribution in [-0.2, 0) is 66.8 Å². The number of carbonyl (C=O) groups is 7. The first-order chi connectivity index (χ1) is 55.8. The van der Waals surface area contributed by atoms with Gasteiger partial charge in [-0.2, -0.15) is 0 Å². The van der Waals surface area contributed by atoms with E-state index in [0.717, 1.165) is 78.3 Å². The number of aryl methyl sites for hydroxylation is 5. The van der Waals surface area contributed by atoms with Crippen molar-refractivity contribution in [2.75, 3.05) is 126 Å². The molecule has 626 valence electrons. The highest BCUT2D eigenvalue weighted by atomic mass is 79.9. The summed E-state index contributed by atoms with van der Waals surface area (Å²) in [6.45, 7) is 4.63. The van der Waals surface area contributed by atoms with E-state index in [9.17, 15) is 43.8 Å². The highest BCUT2D eigenvalue weighted by Crippen LogP contribution is 2.41. The van der Waals surface area contributed by atoms with E-state index in [0.29, 0.717) is 66.7 Å². The molecule has 4 N–H and O–H groups in total. The zero-order chi connectivity index (χ0) is 87.2. The number of hydrogen-bond acceptors (Lipinski definition) is 16. The smallest absolute Gasteiger partial charge is 0.294 e. The molecule has 0 bridgehead atoms. The number of hydrogen-bond donors (Lipinski definition) is 4. The molecule has 1 atom stereocenters. The molecule has 0 spiro atoms. The van der Waals surface area contributed by atoms with Crippen molar-refractivity contribution in [2.45, 2.75) is 32.5 Å². The minimum absolute atomic E-state index is 0.0376. The van der Waals surface area contributed by atoms with Crippen LogP contribution in [0.1, 0.15) is 65.0 Å². The van der Waals surface area contributed by atoms with Crippen LogP contribution < -0.4 is 23.7 Å². The van der Waals surface area contributed by atoms with Gasteiger partial charge in [-0.1, -0.05) is 42.5 Å². The van der Waals surface area contributed by atoms with Gasteiger partial charge in [0.05, 0.1) is 88.9 Å². The number of halogens is 4. The van der Waals surface area contributed by atoms with Crippen molar-refractivity contribution < 1.29 is 67.5 Å². The van der Waals surface area contributed by atoms with Crippen LogP contribution in [0.5, 0.6) is 34.5 Å². The fraction of sp³-hybridized carbons (Fsp3) is 0.307. The number of nitrogens with zero attached hydrogens (tertiary/aromatic N) is 10. The van der Waals surface area contributed by atoms with Crippen molar-refractivity contribution in [1.29, 1.82) is 0 Å². The van der Waals surface area contributed by atoms with Gasteiger partial charge in [0.25, 0.3) is 41.0 Å². The van der Waals surface area contributed by atoms with E-state index in [4.69, 9.17) is 23.7 Å². The summed E-state index contributed by atoms with van der Waals surface area (Å²) in [7, 11) is 35.3. The first-order valence-corrected chi connectivity index (χ1v) is 40.3. The van der Waals surface area contributed by atoms with Gasteiger partial charge >= 0.3 is 0 Å². The number of aromatic nitrogens is 6. The van der Waals surface area contributed by atoms with Crippen LogP contribution in [0.25, 0.3) is 65.4 Å². The van der Waals surface area contributed by atoms with E-state index in [1.807, 2.05) is 91.5 Å². The zero-order valence-corrected chi connectivity index (χ0v) is 76.6. The lowest BCUT2D eigenvalue weighted by Gasteiger charge is -2.16. The molecule has 0 radical (unpaired) electrons. The first-order valence-electron chi connectivity index (χ1n) is 37.1. The number of ether oxygens (including phenoxy) is 5. The number of amides is 4. The van der Waals surface area contributed by atoms with Gasteiger partial charge in [0.15, 0.2) is 6.10 Å². The Balaban J connectivity index is 0.000000177. The molecule has 4 amide bonds. The number of Topliss-reactive ketones (excluding diaryl/α,β-unsaturated/α-hetero) is 3. The first kappa shape index (κ1) is 92.8. The summed E-state index contributed by atoms with van der Waals surface area (Å²) in [5.74, 6) is -0.200. The number of methoxy groups -OCH3 is 4. The number of H-pyrrole nitrogens is 2. The molecule has 0 fully saturated rings. The third-order valence-electron chi connectivity index (χ3n) is 19.3. The Morgan fingerprint density at radius 3 is 1.33 bits per heavy atom. The van der Waals surface area contributed by atoms with Crippen LogP contribution in [0.3, 0.4) is 0 Å². The number of rotatable bonds is 21. The standard InChI is InChI=1S/C19H18N2O3.C15H22N2O.C14H17BrN2O3.C14H15BrN2O3.C14H19BrN2O.C12H11BrN2O3/c1-21(2)19(23)18(22)14-11-20-15-9-6-10-16(17(14)15)24-12-13-7-4-3-5-8-13;1-11-6-7-13(18-5)14-12(8-9-16(2)3)10-17(4)15(11)14;2*1-16(2)14(19)13(18)8-7-17(3)12-9(15)5-6-10(20-4)11(8)12;1-16(2)8-7-10-9-17(3)14-11(15)5-6-12(18-4)13(10)14;1-15(2)12(18)11(17)6-5-14-10-7(13)3-4-8(16)9(6)10/h3-11,20H,12H2,1-2H3;6-7,10H,8-9H2,1-5H3;5-7,13,18H,1-4H3;5-7H,1-4H3;5-6,9H,7-8H2,1-4H3;3-5,14,16H,1-2H3. The number of ketones is 3. The molecule has 1 unspecified atom stereocenters. The van der Waals surface area contributed by atoms with Gasteiger partial charge in [0.2, 0.25) is 0 Å². The van der Waals surface area contributed by atoms with Crippen LogP contribution in [0.2, 0.25) is 0 Å². The number of fused-ring (bicyclic) bond motifs is 6. The predicted octanol–water partition coefficient (Wildman–Crippen LogP) is 14.9. The van der Waals surface area contributed by atoms with Crippen LogP contribution >= 0.6 is 63.7 Å². The summed E-state index contributed by atoms with van der Waals surface area (Å²) in [6, 6.07) is 34.0. The molecule has 13 rings (SSSR count). The molecule has 30 heteroatoms. The van der Waals surface area contributed by atoms with Crippen LogP contribution in [0.15, 0.2) is 164 Å². The number of carbonyl (C=O) groups excluding carboxylic acids is 7. The number of aliphatic hydroxyl groups is 1. The molecule has 0 saturated heterocycles. The molecule has 0 saturated carbocycles. The van der Waals surface area contributed by atoms with Gasteiger partial charge < -0.3 is 91.5 Å². The van der Waals surface area contributed by atoms with Gasteiger partial charge in [0.1, 0.15) is 41.1 Å². The predicted molar refractivity (Wildman–Crippen MR) is 480 cm³/mol. The lowest BCUT2D eigenvalue weighted by molar-refractivity contribution is -0.137. The molecular formula is C88H102Br4N12O14. The van der Waals surface area contributed by atoms with Gasteiger partial charge in [0, 0.05) is 180 Å². The zero-order valence-electron chi connectivity index (χ0n) is 70.2. The molecule has 7 aromatic carbocycles. The van der Waals surface area contributed by atoms with Gasteiger partial charge in [-0.15, -0.1) is 0 Å². The average molecular weight is 1870 g/mol. The van der Waals surface area contributed by atoms with Gasteiger partial charge in [-0.3, -0.25) is 33.6 Å². The second-order valence-corrected chi connectivity index (χ2v) is 32.5. The van der Waals surface area contributed by atoms with Gasteiger partial charge in [-0.25, -0.2) is 0 Å². The second kappa shape index (κ2) is 41.1. The molecule has 13 aromatic rings. The number of aliphatic hydroxyl groups excluding tert-OH is 1. The van der Waals surface area contributed by atoms with E-state index in [1.165, 1.54) is 91.6 Å². The Morgan fingerprint density at radius 1 is 0.424 bits per heavy atom. The lowest BCUT2D eigenvalue weighted by Crippen LogP contribution is -2.29. The monoisotopic (exact) mass is 1870 g/mol. The minimum Gasteiger partial charge on any atom is -0.507 e. The highest BCUT2D eigenvalue weighted by Gasteiger charge is 2.30. The van der Waals surface area contributed by atoms with Crippen molar-refractivity contribution in [1.82, 2.24) is 57.6 Å². The van der Waals surface area contributed by atoms with Crippen molar-refractivity contribution in [3.63, 3.8) is 0 Å². The Labute approximate surface area is 720 Å². The molecule has 118 heavy (non-hydrogen) atoms. The summed E-state index contributed by atoms with van der Waals surface area (Å²) in [5, 5.41) is 25.0. The number of likely N-dealkylation sites (N-methyl/N-ethyl adjacent to an activating group) is 6. The molecule has 6 aromatic heterocycles. The topological polar surface area (TPSA) is 277 Å². The number of phenols is 1. The third kappa shape index (κ3) is 21.0. The SMILES string of the molecule is CN(C)C(=O)C(=O)c1c[nH]c2c(Br)ccc(O)c12.CN(C)C(=O)C(=O)c1c[nH]c2cccc(OCc3ccccc3)c12.COc1ccc(Br)c2c1c(C(=O)C(=O)N(C)C)cn2C.COc1ccc(Br)c2c1c(C(O)C(=O)N(C)C)cn2C.COc1ccc(Br)c2c1c(CCN(C)C)cn2C.COc1ccc(C)c2c1c(CCN(C)C)cn2C. The van der Waals surface area contributed by atoms with Crippen LogP contribution in [-0.4, -0.2) is 235 Å². The van der Waals surface area contributed by atoms with Crippen molar-refractivity contribution in [3.05, 3.63) is 209 Å². The van der Waals surface area contributed by atoms with E-state index >= 15 is 0 Å². The highest BCUT2D eigenvalue weighted by molar-refractivity contribution is 9.11. The average Bonchev–Trinajstić information content (AvgIpc) is 1.63. The summed E-state index contributed by atoms with van der Waals surface area (Å²) < 4.78 is 39.2. The molecule has 0 aliphatic rings. The number of benzene rings is 7. The summed E-state index contributed by atoms with van der Waals surface area (Å²) in [4.78, 5) is 99.7. The number of aromatic amines is 2. The van der Waals surface area contributed by atoms with E-state index in [1.54, 1.807) is 105 Å². The number of nitrogens with one attached hydrogen (secondary N) is 2. The molecule has 0 aliphatic heterocycles. The minimum atomic E-state index is -1.21. The third-order valence-corrected chi connectivity index (χ3v) is 21.9. The quantitative estimate of drug-likeness (QED) is 0.0384. The summed E-state index contributed by atoms with van der Waals surface area (Å²) >= 11 is 13.9. The normalized spacial score (nSPS) is 11.2. The Morgan fingerprint density at radius 2 is 0.839 bits per heavy atom. The van der Waals surface area contributed by atoms with E-state index < -0.39 is 41.2 Å². The van der Waals surface area contributed by atoms with Crippen LogP contribution in [0, 0.1) is 6.92 Å². The molecule has 0 aliphatic carbocycles. The van der Waals surface area contributed by atoms with Crippen molar-refractivity contribution >= 4 is 170 Å². The Hall–Kier alpha value is -10.7. The maximum atomic E-state index is 12.4. The molecule has 6 heterocycles. The second-order valence-electron chi connectivity index (χ2n) is 29.1. The number of aromatic hydroxyl groups is 1. The Kier molecular flexibility index (Phi) is 32.3. The summed E-state index contributed by atoms with van der Waals surface area (Å²) in [5.41, 5.74) is 11.9. The fourth-order valence-corrected chi connectivity index (χ4v) is 15.6. The molecular weight excluding hydrogens is 1770 g/mol. The summed E-state index contributed by atoms with van der Waals surface area (Å²) in [6.07, 6.45) is 11.7. The molecule has 26 nitrogen and oxygen atoms in total. The van der Waals surface area contributed by atoms with E-state index in [-0.39, 0.29) is 17.2 Å². The van der Waals surface area contributed by atoms with Crippen molar-refractivity contribution in [3.8, 4) is 34.5 Å². The largest absolute Gasteiger partial charge is 0.507 e. The lowest BCUT2D eigenvalue weighted by atomic mass is 10.1. The van der Waals surface area contributed by atoms with Gasteiger partial charge in [-0.05, 0) is 201 Å². The maximum Gasteiger partial charge on any atom is 0.294 e. The van der Waals surface area contributed by atoms with E-state index in [2.05, 4.69) is 166 Å². The van der Waals surface area contributed by atoms with Crippen LogP contribution in [0.4, 0.5) is 0 Å². The fourth-order valence-electron chi connectivity index (χ4n) is 13.4. The maximum absolute atomic E-state index is 12.4. The Bertz CT molecular complexity index is 5730. The number of phenolic OH excluding ortho intramolecular Hbond substituents is 1. The van der Waals surface area contributed by atoms with Crippen molar-refractivity contribution in [2.24, 2.45) is 28.2 Å².